The highest BCUT2D eigenvalue weighted by Crippen LogP contribution is 2.21. The molecule has 1 unspecified atom stereocenters. The molecule has 0 spiro atoms. The van der Waals surface area contributed by atoms with Gasteiger partial charge in [0.15, 0.2) is 0 Å². The van der Waals surface area contributed by atoms with E-state index in [-0.39, 0.29) is 0 Å². The van der Waals surface area contributed by atoms with Crippen molar-refractivity contribution >= 4 is 0 Å². The Kier molecular flexibility index (Phi) is 5.99. The van der Waals surface area contributed by atoms with Crippen LogP contribution in [0, 0.1) is 12.8 Å². The zero-order valence-electron chi connectivity index (χ0n) is 13.2. The van der Waals surface area contributed by atoms with Crippen LogP contribution in [-0.4, -0.2) is 35.6 Å². The van der Waals surface area contributed by atoms with Crippen LogP contribution in [-0.2, 0) is 6.54 Å². The molecule has 20 heavy (non-hydrogen) atoms. The predicted molar refractivity (Wildman–Crippen MR) is 84.7 cm³/mol. The lowest BCUT2D eigenvalue weighted by atomic mass is 9.90. The van der Waals surface area contributed by atoms with Gasteiger partial charge in [-0.3, -0.25) is 9.88 Å². The SMILES string of the molecule is CCCNC(C)C1CCN(Cc2cccc(C)n2)CC1. The Hall–Kier alpha value is -0.930. The maximum Gasteiger partial charge on any atom is 0.0547 e. The van der Waals surface area contributed by atoms with Gasteiger partial charge in [0.05, 0.1) is 5.69 Å². The third-order valence-corrected chi connectivity index (χ3v) is 4.39. The van der Waals surface area contributed by atoms with Crippen molar-refractivity contribution in [2.24, 2.45) is 5.92 Å². The number of piperidine rings is 1. The average molecular weight is 275 g/mol. The highest BCUT2D eigenvalue weighted by molar-refractivity contribution is 5.09. The quantitative estimate of drug-likeness (QED) is 0.865. The van der Waals surface area contributed by atoms with Crippen LogP contribution in [0.5, 0.6) is 0 Å². The molecule has 0 aliphatic carbocycles. The van der Waals surface area contributed by atoms with Crippen LogP contribution in [0.25, 0.3) is 0 Å². The Bertz CT molecular complexity index is 397. The summed E-state index contributed by atoms with van der Waals surface area (Å²) in [4.78, 5) is 7.15. The normalized spacial score (nSPS) is 19.1. The lowest BCUT2D eigenvalue weighted by Gasteiger charge is -2.35. The standard InChI is InChI=1S/C17H29N3/c1-4-10-18-15(3)16-8-11-20(12-9-16)13-17-7-5-6-14(2)19-17/h5-7,15-16,18H,4,8-13H2,1-3H3. The van der Waals surface area contributed by atoms with Crippen LogP contribution in [0.3, 0.4) is 0 Å². The monoisotopic (exact) mass is 275 g/mol. The van der Waals surface area contributed by atoms with Crippen LogP contribution in [0.2, 0.25) is 0 Å². The molecule has 2 heterocycles. The summed E-state index contributed by atoms with van der Waals surface area (Å²) < 4.78 is 0. The molecular formula is C17H29N3. The fraction of sp³-hybridized carbons (Fsp3) is 0.706. The third kappa shape index (κ3) is 4.57. The molecule has 1 aromatic heterocycles. The van der Waals surface area contributed by atoms with Gasteiger partial charge in [0.25, 0.3) is 0 Å². The van der Waals surface area contributed by atoms with Crippen molar-refractivity contribution in [3.05, 3.63) is 29.6 Å². The smallest absolute Gasteiger partial charge is 0.0547 e. The first-order valence-corrected chi connectivity index (χ1v) is 8.07. The molecule has 0 saturated carbocycles. The van der Waals surface area contributed by atoms with Gasteiger partial charge in [-0.05, 0) is 70.8 Å². The van der Waals surface area contributed by atoms with E-state index in [4.69, 9.17) is 0 Å². The number of likely N-dealkylation sites (tertiary alicyclic amines) is 1. The van der Waals surface area contributed by atoms with E-state index in [1.54, 1.807) is 0 Å². The van der Waals surface area contributed by atoms with Crippen molar-refractivity contribution in [1.29, 1.82) is 0 Å². The molecule has 1 N–H and O–H groups in total. The van der Waals surface area contributed by atoms with E-state index in [0.717, 1.165) is 24.7 Å². The molecule has 0 radical (unpaired) electrons. The van der Waals surface area contributed by atoms with Gasteiger partial charge < -0.3 is 5.32 Å². The average Bonchev–Trinajstić information content (AvgIpc) is 2.45. The Morgan fingerprint density at radius 2 is 2.10 bits per heavy atom. The maximum absolute atomic E-state index is 4.61. The van der Waals surface area contributed by atoms with Crippen LogP contribution in [0.15, 0.2) is 18.2 Å². The van der Waals surface area contributed by atoms with Gasteiger partial charge >= 0.3 is 0 Å². The summed E-state index contributed by atoms with van der Waals surface area (Å²) in [6.07, 6.45) is 3.84. The van der Waals surface area contributed by atoms with Gasteiger partial charge in [-0.2, -0.15) is 0 Å². The fourth-order valence-corrected chi connectivity index (χ4v) is 3.07. The molecule has 1 aliphatic rings. The Morgan fingerprint density at radius 1 is 1.35 bits per heavy atom. The zero-order valence-corrected chi connectivity index (χ0v) is 13.2. The van der Waals surface area contributed by atoms with Crippen molar-refractivity contribution in [2.45, 2.75) is 52.6 Å². The first-order chi connectivity index (χ1) is 9.69. The van der Waals surface area contributed by atoms with E-state index in [1.807, 2.05) is 0 Å². The first kappa shape index (κ1) is 15.5. The second kappa shape index (κ2) is 7.75. The van der Waals surface area contributed by atoms with E-state index < -0.39 is 0 Å². The van der Waals surface area contributed by atoms with Gasteiger partial charge in [-0.25, -0.2) is 0 Å². The second-order valence-electron chi connectivity index (χ2n) is 6.13. The molecule has 1 atom stereocenters. The number of rotatable bonds is 6. The fourth-order valence-electron chi connectivity index (χ4n) is 3.07. The van der Waals surface area contributed by atoms with Crippen LogP contribution in [0.4, 0.5) is 0 Å². The Balaban J connectivity index is 1.76. The molecule has 1 saturated heterocycles. The van der Waals surface area contributed by atoms with E-state index in [9.17, 15) is 0 Å². The predicted octanol–water partition coefficient (Wildman–Crippen LogP) is 2.99. The van der Waals surface area contributed by atoms with E-state index in [2.05, 4.69) is 54.2 Å². The summed E-state index contributed by atoms with van der Waals surface area (Å²) >= 11 is 0. The van der Waals surface area contributed by atoms with Gasteiger partial charge in [0.1, 0.15) is 0 Å². The molecule has 1 aliphatic heterocycles. The van der Waals surface area contributed by atoms with Crippen LogP contribution in [0.1, 0.15) is 44.5 Å². The first-order valence-electron chi connectivity index (χ1n) is 8.07. The molecular weight excluding hydrogens is 246 g/mol. The van der Waals surface area contributed by atoms with Crippen molar-refractivity contribution in [1.82, 2.24) is 15.2 Å². The molecule has 1 fully saturated rings. The molecule has 3 heteroatoms. The summed E-state index contributed by atoms with van der Waals surface area (Å²) in [5.41, 5.74) is 2.33. The zero-order chi connectivity index (χ0) is 14.4. The molecule has 2 rings (SSSR count). The summed E-state index contributed by atoms with van der Waals surface area (Å²) in [6, 6.07) is 6.98. The second-order valence-corrected chi connectivity index (χ2v) is 6.13. The molecule has 1 aromatic rings. The van der Waals surface area contributed by atoms with E-state index in [1.165, 1.54) is 38.0 Å². The van der Waals surface area contributed by atoms with Crippen LogP contribution >= 0.6 is 0 Å². The van der Waals surface area contributed by atoms with Gasteiger partial charge in [-0.15, -0.1) is 0 Å². The van der Waals surface area contributed by atoms with Gasteiger partial charge in [0.2, 0.25) is 0 Å². The van der Waals surface area contributed by atoms with Crippen molar-refractivity contribution in [3.63, 3.8) is 0 Å². The highest BCUT2D eigenvalue weighted by Gasteiger charge is 2.23. The largest absolute Gasteiger partial charge is 0.314 e. The minimum Gasteiger partial charge on any atom is -0.314 e. The molecule has 112 valence electrons. The summed E-state index contributed by atoms with van der Waals surface area (Å²) in [5.74, 6) is 0.836. The third-order valence-electron chi connectivity index (χ3n) is 4.39. The highest BCUT2D eigenvalue weighted by atomic mass is 15.1. The number of hydrogen-bond acceptors (Lipinski definition) is 3. The summed E-state index contributed by atoms with van der Waals surface area (Å²) in [7, 11) is 0. The Labute approximate surface area is 123 Å². The molecule has 0 amide bonds. The topological polar surface area (TPSA) is 28.2 Å². The van der Waals surface area contributed by atoms with Crippen molar-refractivity contribution in [2.75, 3.05) is 19.6 Å². The number of nitrogens with zero attached hydrogens (tertiary/aromatic N) is 2. The minimum atomic E-state index is 0.661. The lowest BCUT2D eigenvalue weighted by molar-refractivity contribution is 0.155. The number of nitrogens with one attached hydrogen (secondary N) is 1. The van der Waals surface area contributed by atoms with Crippen LogP contribution < -0.4 is 5.32 Å². The van der Waals surface area contributed by atoms with E-state index >= 15 is 0 Å². The number of aromatic nitrogens is 1. The van der Waals surface area contributed by atoms with Crippen molar-refractivity contribution in [3.8, 4) is 0 Å². The molecule has 3 nitrogen and oxygen atoms in total. The van der Waals surface area contributed by atoms with Gasteiger partial charge in [0, 0.05) is 18.3 Å². The number of aryl methyl sites for hydroxylation is 1. The number of hydrogen-bond donors (Lipinski definition) is 1. The minimum absolute atomic E-state index is 0.661. The lowest BCUT2D eigenvalue weighted by Crippen LogP contribution is -2.42. The summed E-state index contributed by atoms with van der Waals surface area (Å²) in [6.45, 7) is 11.2. The Morgan fingerprint density at radius 3 is 2.75 bits per heavy atom. The molecule has 0 bridgehead atoms. The maximum atomic E-state index is 4.61. The van der Waals surface area contributed by atoms with E-state index in [0.29, 0.717) is 6.04 Å². The van der Waals surface area contributed by atoms with Gasteiger partial charge in [-0.1, -0.05) is 13.0 Å². The number of pyridine rings is 1. The molecule has 0 aromatic carbocycles. The summed E-state index contributed by atoms with van der Waals surface area (Å²) in [5, 5.41) is 3.64. The van der Waals surface area contributed by atoms with Crippen molar-refractivity contribution < 1.29 is 0 Å².